The van der Waals surface area contributed by atoms with E-state index in [1.54, 1.807) is 0 Å². The van der Waals surface area contributed by atoms with Gasteiger partial charge in [-0.15, -0.1) is 23.2 Å². The van der Waals surface area contributed by atoms with Crippen LogP contribution in [0.4, 0.5) is 0 Å². The highest BCUT2D eigenvalue weighted by atomic mass is 35.5. The van der Waals surface area contributed by atoms with Crippen LogP contribution in [0.3, 0.4) is 0 Å². The van der Waals surface area contributed by atoms with E-state index in [-0.39, 0.29) is 0 Å². The van der Waals surface area contributed by atoms with E-state index < -0.39 is 7.59 Å². The molecular weight excluding hydrogens is 279 g/mol. The fourth-order valence-corrected chi connectivity index (χ4v) is 2.80. The van der Waals surface area contributed by atoms with Gasteiger partial charge in [-0.1, -0.05) is 0 Å². The summed E-state index contributed by atoms with van der Waals surface area (Å²) in [5.41, 5.74) is 0. The van der Waals surface area contributed by atoms with Crippen LogP contribution in [0.1, 0.15) is 0 Å². The molecule has 0 heterocycles. The van der Waals surface area contributed by atoms with Crippen molar-refractivity contribution in [2.45, 2.75) is 0 Å². The minimum Gasteiger partial charge on any atom is -0.268 e. The first-order valence-corrected chi connectivity index (χ1v) is 6.81. The maximum atomic E-state index is 11.8. The van der Waals surface area contributed by atoms with Gasteiger partial charge in [0.2, 0.25) is 0 Å². The Morgan fingerprint density at radius 1 is 1.08 bits per heavy atom. The zero-order valence-electron chi connectivity index (χ0n) is 6.64. The lowest BCUT2D eigenvalue weighted by molar-refractivity contribution is 0.540. The van der Waals surface area contributed by atoms with Crippen molar-refractivity contribution in [1.29, 1.82) is 0 Å². The van der Waals surface area contributed by atoms with Crippen LogP contribution in [0, 0.1) is 0 Å². The number of hydrogen-bond donors (Lipinski definition) is 2. The largest absolute Gasteiger partial charge is 0.309 e. The van der Waals surface area contributed by atoms with Crippen molar-refractivity contribution in [3.8, 4) is 0 Å². The lowest BCUT2D eigenvalue weighted by atomic mass is 10.8. The Balaban J connectivity index is 4.09. The fourth-order valence-electron chi connectivity index (χ4n) is 0.550. The van der Waals surface area contributed by atoms with Crippen molar-refractivity contribution in [3.05, 3.63) is 0 Å². The van der Waals surface area contributed by atoms with Crippen LogP contribution in [0.15, 0.2) is 0 Å². The van der Waals surface area contributed by atoms with E-state index in [0.29, 0.717) is 28.6 Å². The molecule has 0 saturated carbocycles. The van der Waals surface area contributed by atoms with Crippen molar-refractivity contribution in [2.24, 2.45) is 0 Å². The quantitative estimate of drug-likeness (QED) is 0.429. The van der Waals surface area contributed by atoms with E-state index in [2.05, 4.69) is 10.2 Å². The molecule has 0 fully saturated rings. The molecule has 0 aromatic heterocycles. The fraction of sp³-hybridized carbons (Fsp3) is 1.00. The molecule has 0 unspecified atom stereocenters. The first kappa shape index (κ1) is 14.3. The third kappa shape index (κ3) is 5.65. The predicted octanol–water partition coefficient (Wildman–Crippen LogP) is 2.36. The summed E-state index contributed by atoms with van der Waals surface area (Å²) in [7, 11) is -3.13. The highest BCUT2D eigenvalue weighted by Gasteiger charge is 2.27. The molecule has 0 aliphatic rings. The van der Waals surface area contributed by atoms with Crippen LogP contribution in [-0.2, 0) is 4.57 Å². The highest BCUT2D eigenvalue weighted by Crippen LogP contribution is 2.43. The second-order valence-corrected chi connectivity index (χ2v) is 6.25. The van der Waals surface area contributed by atoms with Crippen LogP contribution in [0.25, 0.3) is 0 Å². The van der Waals surface area contributed by atoms with Crippen LogP contribution in [0.2, 0.25) is 0 Å². The standard InChI is InChI=1S/C4H10Cl4N3OP/c5-1-3-9-13(12,11(7)8)10-4-2-6/h1-4H2,(H2,9,10,12). The summed E-state index contributed by atoms with van der Waals surface area (Å²) in [4.78, 5) is 0. The van der Waals surface area contributed by atoms with E-state index in [1.165, 1.54) is 0 Å². The minimum atomic E-state index is -3.13. The molecule has 0 radical (unpaired) electrons. The molecule has 4 nitrogen and oxygen atoms in total. The molecule has 0 aliphatic carbocycles. The molecule has 0 bridgehead atoms. The Labute approximate surface area is 97.6 Å². The van der Waals surface area contributed by atoms with Crippen LogP contribution < -0.4 is 10.2 Å². The summed E-state index contributed by atoms with van der Waals surface area (Å²) in [5.74, 6) is 0.627. The Morgan fingerprint density at radius 3 is 1.69 bits per heavy atom. The number of hydrogen-bond acceptors (Lipinski definition) is 1. The molecule has 0 rings (SSSR count). The number of halogens is 4. The molecule has 0 amide bonds. The zero-order valence-corrected chi connectivity index (χ0v) is 10.6. The summed E-state index contributed by atoms with van der Waals surface area (Å²) < 4.78 is 12.3. The average molecular weight is 289 g/mol. The first-order chi connectivity index (χ1) is 6.06. The van der Waals surface area contributed by atoms with Gasteiger partial charge in [-0.3, -0.25) is 4.57 Å². The third-order valence-electron chi connectivity index (χ3n) is 1.05. The van der Waals surface area contributed by atoms with Gasteiger partial charge in [0.25, 0.3) is 0 Å². The van der Waals surface area contributed by atoms with Crippen molar-refractivity contribution in [1.82, 2.24) is 13.9 Å². The average Bonchev–Trinajstić information content (AvgIpc) is 2.11. The maximum Gasteiger partial charge on any atom is 0.309 e. The Kier molecular flexibility index (Phi) is 8.28. The third-order valence-corrected chi connectivity index (χ3v) is 4.44. The second-order valence-electron chi connectivity index (χ2n) is 1.99. The van der Waals surface area contributed by atoms with E-state index in [4.69, 9.17) is 46.8 Å². The van der Waals surface area contributed by atoms with Gasteiger partial charge in [0, 0.05) is 48.4 Å². The molecule has 80 valence electrons. The van der Waals surface area contributed by atoms with E-state index >= 15 is 0 Å². The van der Waals surface area contributed by atoms with E-state index in [9.17, 15) is 4.57 Å². The Bertz CT molecular complexity index is 169. The van der Waals surface area contributed by atoms with Gasteiger partial charge in [0.1, 0.15) is 0 Å². The van der Waals surface area contributed by atoms with Gasteiger partial charge in [-0.25, -0.2) is 10.2 Å². The van der Waals surface area contributed by atoms with Gasteiger partial charge in [0.15, 0.2) is 0 Å². The number of rotatable bonds is 7. The highest BCUT2D eigenvalue weighted by molar-refractivity contribution is 7.60. The topological polar surface area (TPSA) is 44.4 Å². The second kappa shape index (κ2) is 7.55. The molecule has 0 aromatic carbocycles. The van der Waals surface area contributed by atoms with Gasteiger partial charge in [-0.2, -0.15) is 0 Å². The molecule has 2 N–H and O–H groups in total. The predicted molar refractivity (Wildman–Crippen MR) is 58.6 cm³/mol. The van der Waals surface area contributed by atoms with E-state index in [0.717, 1.165) is 0 Å². The lowest BCUT2D eigenvalue weighted by Crippen LogP contribution is -2.29. The van der Waals surface area contributed by atoms with Crippen molar-refractivity contribution in [2.75, 3.05) is 24.8 Å². The smallest absolute Gasteiger partial charge is 0.268 e. The Morgan fingerprint density at radius 2 is 1.46 bits per heavy atom. The SMILES string of the molecule is O=P(NCCCl)(NCCCl)N(Cl)Cl. The van der Waals surface area contributed by atoms with Crippen LogP contribution in [-0.4, -0.2) is 28.6 Å². The van der Waals surface area contributed by atoms with Crippen LogP contribution >= 0.6 is 54.3 Å². The number of nitrogens with zero attached hydrogens (tertiary/aromatic N) is 1. The number of alkyl halides is 2. The molecule has 13 heavy (non-hydrogen) atoms. The molecule has 9 heteroatoms. The molecule has 0 aromatic rings. The Hall–Kier alpha value is 1.27. The monoisotopic (exact) mass is 287 g/mol. The van der Waals surface area contributed by atoms with Crippen molar-refractivity contribution < 1.29 is 4.57 Å². The normalized spacial score (nSPS) is 12.4. The van der Waals surface area contributed by atoms with Crippen molar-refractivity contribution >= 4 is 54.3 Å². The summed E-state index contributed by atoms with van der Waals surface area (Å²) in [6.07, 6.45) is 0. The maximum absolute atomic E-state index is 11.8. The van der Waals surface area contributed by atoms with Gasteiger partial charge >= 0.3 is 7.59 Å². The van der Waals surface area contributed by atoms with Crippen LogP contribution in [0.5, 0.6) is 0 Å². The summed E-state index contributed by atoms with van der Waals surface area (Å²) >= 11 is 21.6. The molecule has 0 saturated heterocycles. The number of nitrogens with one attached hydrogen (secondary N) is 2. The van der Waals surface area contributed by atoms with Crippen molar-refractivity contribution in [3.63, 3.8) is 0 Å². The summed E-state index contributed by atoms with van der Waals surface area (Å²) in [6, 6.07) is 0. The minimum absolute atomic E-state index is 0.314. The molecule has 0 aliphatic heterocycles. The van der Waals surface area contributed by atoms with Gasteiger partial charge in [0.05, 0.1) is 0 Å². The van der Waals surface area contributed by atoms with E-state index in [1.807, 2.05) is 0 Å². The van der Waals surface area contributed by atoms with Gasteiger partial charge < -0.3 is 0 Å². The molecular formula is C4H10Cl4N3OP. The van der Waals surface area contributed by atoms with Gasteiger partial charge in [-0.05, 0) is 3.71 Å². The zero-order chi connectivity index (χ0) is 10.3. The summed E-state index contributed by atoms with van der Waals surface area (Å²) in [6.45, 7) is 0.675. The summed E-state index contributed by atoms with van der Waals surface area (Å²) in [5, 5.41) is 5.19. The lowest BCUT2D eigenvalue weighted by Gasteiger charge is -2.21. The first-order valence-electron chi connectivity index (χ1n) is 3.41. The molecule has 0 spiro atoms. The molecule has 0 atom stereocenters.